The first-order chi connectivity index (χ1) is 10.3. The molecule has 4 rings (SSSR count). The third-order valence-corrected chi connectivity index (χ3v) is 4.27. The number of nitrogens with zero attached hydrogens (tertiary/aromatic N) is 3. The van der Waals surface area contributed by atoms with E-state index in [1.54, 1.807) is 0 Å². The molecule has 1 aromatic heterocycles. The Morgan fingerprint density at radius 3 is 3.05 bits per heavy atom. The summed E-state index contributed by atoms with van der Waals surface area (Å²) in [4.78, 5) is 18.9. The lowest BCUT2D eigenvalue weighted by Gasteiger charge is -2.36. The van der Waals surface area contributed by atoms with Crippen LogP contribution < -0.4 is 0 Å². The van der Waals surface area contributed by atoms with Crippen LogP contribution >= 0.6 is 0 Å². The Morgan fingerprint density at radius 1 is 1.38 bits per heavy atom. The van der Waals surface area contributed by atoms with Gasteiger partial charge in [-0.1, -0.05) is 12.1 Å². The van der Waals surface area contributed by atoms with Crippen molar-refractivity contribution in [3.8, 4) is 11.4 Å². The third kappa shape index (κ3) is 2.12. The molecular formula is C15H16N4O2. The lowest BCUT2D eigenvalue weighted by atomic mass is 10.1. The second-order valence-electron chi connectivity index (χ2n) is 5.65. The summed E-state index contributed by atoms with van der Waals surface area (Å²) in [6, 6.07) is 7.52. The highest BCUT2D eigenvalue weighted by atomic mass is 16.5. The maximum atomic E-state index is 12.8. The highest BCUT2D eigenvalue weighted by molar-refractivity contribution is 5.96. The first-order valence-corrected chi connectivity index (χ1v) is 7.14. The van der Waals surface area contributed by atoms with Crippen molar-refractivity contribution in [2.24, 2.45) is 0 Å². The van der Waals surface area contributed by atoms with E-state index in [0.29, 0.717) is 31.1 Å². The number of nitrogens with one attached hydrogen (secondary N) is 1. The highest BCUT2D eigenvalue weighted by Crippen LogP contribution is 2.44. The fourth-order valence-corrected chi connectivity index (χ4v) is 2.91. The zero-order valence-corrected chi connectivity index (χ0v) is 11.6. The Kier molecular flexibility index (Phi) is 2.78. The van der Waals surface area contributed by atoms with Crippen LogP contribution in [0.4, 0.5) is 0 Å². The summed E-state index contributed by atoms with van der Waals surface area (Å²) < 4.78 is 5.53. The summed E-state index contributed by atoms with van der Waals surface area (Å²) in [7, 11) is 0. The van der Waals surface area contributed by atoms with E-state index in [1.165, 1.54) is 6.33 Å². The van der Waals surface area contributed by atoms with Crippen molar-refractivity contribution in [1.29, 1.82) is 0 Å². The SMILES string of the molecule is O=C(c1cccc(-c2ncn[nH]2)c1)N1CCOCC12CC2. The van der Waals surface area contributed by atoms with Gasteiger partial charge < -0.3 is 9.64 Å². The van der Waals surface area contributed by atoms with Gasteiger partial charge in [0.15, 0.2) is 5.82 Å². The van der Waals surface area contributed by atoms with Crippen molar-refractivity contribution in [3.05, 3.63) is 36.2 Å². The minimum Gasteiger partial charge on any atom is -0.377 e. The molecule has 1 spiro atoms. The standard InChI is InChI=1S/C15H16N4O2/c20-14(19-6-7-21-9-15(19)4-5-15)12-3-1-2-11(8-12)13-16-10-17-18-13/h1-3,8,10H,4-7,9H2,(H,16,17,18). The van der Waals surface area contributed by atoms with Crippen LogP contribution in [0.5, 0.6) is 0 Å². The number of ether oxygens (including phenoxy) is 1. The molecule has 2 aromatic rings. The fourth-order valence-electron chi connectivity index (χ4n) is 2.91. The number of carbonyl (C=O) groups excluding carboxylic acids is 1. The lowest BCUT2D eigenvalue weighted by molar-refractivity contribution is -0.0117. The zero-order valence-electron chi connectivity index (χ0n) is 11.6. The molecule has 1 saturated heterocycles. The van der Waals surface area contributed by atoms with Crippen LogP contribution in [-0.4, -0.2) is 51.3 Å². The topological polar surface area (TPSA) is 71.1 Å². The van der Waals surface area contributed by atoms with Crippen LogP contribution in [0.2, 0.25) is 0 Å². The Labute approximate surface area is 122 Å². The van der Waals surface area contributed by atoms with Crippen LogP contribution in [0.25, 0.3) is 11.4 Å². The summed E-state index contributed by atoms with van der Waals surface area (Å²) in [6.07, 6.45) is 3.55. The predicted octanol–water partition coefficient (Wildman–Crippen LogP) is 1.48. The van der Waals surface area contributed by atoms with Gasteiger partial charge >= 0.3 is 0 Å². The molecule has 1 N–H and O–H groups in total. The average molecular weight is 284 g/mol. The second-order valence-corrected chi connectivity index (χ2v) is 5.65. The zero-order chi connectivity index (χ0) is 14.3. The summed E-state index contributed by atoms with van der Waals surface area (Å²) in [5.74, 6) is 0.755. The second kappa shape index (κ2) is 4.66. The molecule has 1 aromatic carbocycles. The Morgan fingerprint density at radius 2 is 2.29 bits per heavy atom. The van der Waals surface area contributed by atoms with Crippen LogP contribution in [-0.2, 0) is 4.74 Å². The molecule has 6 heteroatoms. The molecule has 2 heterocycles. The normalized spacial score (nSPS) is 19.7. The van der Waals surface area contributed by atoms with Gasteiger partial charge in [-0.25, -0.2) is 4.98 Å². The summed E-state index contributed by atoms with van der Waals surface area (Å²) in [6.45, 7) is 1.96. The Hall–Kier alpha value is -2.21. The lowest BCUT2D eigenvalue weighted by Crippen LogP contribution is -2.50. The molecule has 6 nitrogen and oxygen atoms in total. The number of carbonyl (C=O) groups is 1. The molecule has 1 aliphatic carbocycles. The van der Waals surface area contributed by atoms with Gasteiger partial charge in [-0.3, -0.25) is 9.89 Å². The largest absolute Gasteiger partial charge is 0.377 e. The number of H-pyrrole nitrogens is 1. The first-order valence-electron chi connectivity index (χ1n) is 7.14. The molecular weight excluding hydrogens is 268 g/mol. The van der Waals surface area contributed by atoms with Gasteiger partial charge in [-0.2, -0.15) is 5.10 Å². The highest BCUT2D eigenvalue weighted by Gasteiger charge is 2.52. The van der Waals surface area contributed by atoms with E-state index in [4.69, 9.17) is 4.74 Å². The maximum Gasteiger partial charge on any atom is 0.254 e. The summed E-state index contributed by atoms with van der Waals surface area (Å²) in [5, 5.41) is 6.67. The van der Waals surface area contributed by atoms with Crippen molar-refractivity contribution < 1.29 is 9.53 Å². The number of benzene rings is 1. The molecule has 1 saturated carbocycles. The molecule has 21 heavy (non-hydrogen) atoms. The number of rotatable bonds is 2. The van der Waals surface area contributed by atoms with E-state index < -0.39 is 0 Å². The molecule has 108 valence electrons. The molecule has 2 fully saturated rings. The minimum atomic E-state index is -0.0441. The molecule has 1 aliphatic heterocycles. The number of aromatic nitrogens is 3. The molecule has 1 amide bonds. The predicted molar refractivity (Wildman–Crippen MR) is 75.6 cm³/mol. The minimum absolute atomic E-state index is 0.0441. The quantitative estimate of drug-likeness (QED) is 0.906. The molecule has 0 unspecified atom stereocenters. The number of hydrogen-bond acceptors (Lipinski definition) is 4. The first kappa shape index (κ1) is 12.5. The fraction of sp³-hybridized carbons (Fsp3) is 0.400. The van der Waals surface area contributed by atoms with Crippen molar-refractivity contribution in [2.45, 2.75) is 18.4 Å². The third-order valence-electron chi connectivity index (χ3n) is 4.27. The molecule has 0 bridgehead atoms. The average Bonchev–Trinajstić information content (AvgIpc) is 3.07. The van der Waals surface area contributed by atoms with Crippen LogP contribution in [0.1, 0.15) is 23.2 Å². The number of hydrogen-bond donors (Lipinski definition) is 1. The number of morpholine rings is 1. The molecule has 0 radical (unpaired) electrons. The van der Waals surface area contributed by atoms with Crippen molar-refractivity contribution in [1.82, 2.24) is 20.1 Å². The molecule has 0 atom stereocenters. The van der Waals surface area contributed by atoms with E-state index in [9.17, 15) is 4.79 Å². The van der Waals surface area contributed by atoms with E-state index in [1.807, 2.05) is 29.2 Å². The Balaban J connectivity index is 1.64. The number of aromatic amines is 1. The van der Waals surface area contributed by atoms with Gasteiger partial charge in [-0.15, -0.1) is 0 Å². The van der Waals surface area contributed by atoms with Gasteiger partial charge in [0.2, 0.25) is 0 Å². The summed E-state index contributed by atoms with van der Waals surface area (Å²) in [5.41, 5.74) is 1.52. The van der Waals surface area contributed by atoms with E-state index >= 15 is 0 Å². The van der Waals surface area contributed by atoms with Crippen molar-refractivity contribution in [3.63, 3.8) is 0 Å². The van der Waals surface area contributed by atoms with Gasteiger partial charge in [0, 0.05) is 17.7 Å². The van der Waals surface area contributed by atoms with Gasteiger partial charge in [0.05, 0.1) is 18.8 Å². The van der Waals surface area contributed by atoms with Gasteiger partial charge in [-0.05, 0) is 25.0 Å². The van der Waals surface area contributed by atoms with E-state index in [-0.39, 0.29) is 11.4 Å². The monoisotopic (exact) mass is 284 g/mol. The van der Waals surface area contributed by atoms with Crippen LogP contribution in [0.15, 0.2) is 30.6 Å². The summed E-state index contributed by atoms with van der Waals surface area (Å²) >= 11 is 0. The van der Waals surface area contributed by atoms with Crippen molar-refractivity contribution >= 4 is 5.91 Å². The molecule has 2 aliphatic rings. The smallest absolute Gasteiger partial charge is 0.254 e. The van der Waals surface area contributed by atoms with E-state index in [2.05, 4.69) is 15.2 Å². The van der Waals surface area contributed by atoms with Gasteiger partial charge in [0.1, 0.15) is 6.33 Å². The van der Waals surface area contributed by atoms with Crippen molar-refractivity contribution in [2.75, 3.05) is 19.8 Å². The Bertz CT molecular complexity index is 664. The van der Waals surface area contributed by atoms with Crippen LogP contribution in [0, 0.1) is 0 Å². The van der Waals surface area contributed by atoms with Crippen LogP contribution in [0.3, 0.4) is 0 Å². The van der Waals surface area contributed by atoms with E-state index in [0.717, 1.165) is 18.4 Å². The number of amides is 1. The van der Waals surface area contributed by atoms with Gasteiger partial charge in [0.25, 0.3) is 5.91 Å². The maximum absolute atomic E-state index is 12.8.